The van der Waals surface area contributed by atoms with Gasteiger partial charge < -0.3 is 0 Å². The Hall–Kier alpha value is -2.44. The van der Waals surface area contributed by atoms with Gasteiger partial charge in [0.2, 0.25) is 0 Å². The highest BCUT2D eigenvalue weighted by Crippen LogP contribution is 2.37. The molecule has 0 aliphatic heterocycles. The summed E-state index contributed by atoms with van der Waals surface area (Å²) in [5, 5.41) is 0. The first kappa shape index (κ1) is 22.2. The summed E-state index contributed by atoms with van der Waals surface area (Å²) in [6.45, 7) is 4.18. The maximum absolute atomic E-state index is 3.32. The molecular weight excluding hydrogens is 360 g/mol. The molecule has 0 heterocycles. The summed E-state index contributed by atoms with van der Waals surface area (Å²) in [6, 6.07) is 17.4. The summed E-state index contributed by atoms with van der Waals surface area (Å²) >= 11 is 0. The fourth-order valence-electron chi connectivity index (χ4n) is 4.52. The van der Waals surface area contributed by atoms with E-state index in [9.17, 15) is 0 Å². The van der Waals surface area contributed by atoms with E-state index in [1.807, 2.05) is 6.92 Å². The molecule has 0 unspecified atom stereocenters. The van der Waals surface area contributed by atoms with Crippen molar-refractivity contribution < 1.29 is 0 Å². The van der Waals surface area contributed by atoms with Crippen molar-refractivity contribution in [3.8, 4) is 23.7 Å². The zero-order valence-electron chi connectivity index (χ0n) is 18.8. The van der Waals surface area contributed by atoms with Gasteiger partial charge in [0.1, 0.15) is 0 Å². The molecule has 1 aliphatic rings. The highest BCUT2D eigenvalue weighted by atomic mass is 14.3. The van der Waals surface area contributed by atoms with E-state index in [0.29, 0.717) is 0 Å². The van der Waals surface area contributed by atoms with Gasteiger partial charge in [-0.2, -0.15) is 0 Å². The summed E-state index contributed by atoms with van der Waals surface area (Å²) in [6.07, 6.45) is 13.4. The predicted octanol–water partition coefficient (Wildman–Crippen LogP) is 7.90. The summed E-state index contributed by atoms with van der Waals surface area (Å²) < 4.78 is 0. The largest absolute Gasteiger partial charge is 0.106 e. The van der Waals surface area contributed by atoms with Crippen molar-refractivity contribution in [1.82, 2.24) is 0 Å². The fraction of sp³-hybridized carbons (Fsp3) is 0.467. The molecule has 0 N–H and O–H groups in total. The van der Waals surface area contributed by atoms with Crippen molar-refractivity contribution >= 4 is 0 Å². The smallest absolute Gasteiger partial charge is 0.0340 e. The van der Waals surface area contributed by atoms with Gasteiger partial charge in [-0.25, -0.2) is 0 Å². The molecule has 2 aromatic carbocycles. The minimum atomic E-state index is 0.748. The second-order valence-electron chi connectivity index (χ2n) is 8.74. The Morgan fingerprint density at radius 3 is 2.00 bits per heavy atom. The van der Waals surface area contributed by atoms with Crippen molar-refractivity contribution in [1.29, 1.82) is 0 Å². The van der Waals surface area contributed by atoms with Crippen LogP contribution in [0.5, 0.6) is 0 Å². The van der Waals surface area contributed by atoms with Crippen LogP contribution < -0.4 is 0 Å². The molecule has 156 valence electrons. The Labute approximate surface area is 184 Å². The van der Waals surface area contributed by atoms with Crippen molar-refractivity contribution in [3.05, 3.63) is 70.8 Å². The summed E-state index contributed by atoms with van der Waals surface area (Å²) in [4.78, 5) is 0. The number of benzene rings is 2. The third kappa shape index (κ3) is 7.11. The molecule has 1 aliphatic carbocycles. The third-order valence-electron chi connectivity index (χ3n) is 6.47. The lowest BCUT2D eigenvalue weighted by Gasteiger charge is -2.29. The second-order valence-corrected chi connectivity index (χ2v) is 8.74. The monoisotopic (exact) mass is 396 g/mol. The van der Waals surface area contributed by atoms with Gasteiger partial charge in [-0.1, -0.05) is 81.1 Å². The van der Waals surface area contributed by atoms with Crippen LogP contribution in [0.15, 0.2) is 48.5 Å². The van der Waals surface area contributed by atoms with E-state index in [2.05, 4.69) is 79.1 Å². The zero-order valence-corrected chi connectivity index (χ0v) is 18.8. The molecule has 0 heteroatoms. The molecule has 2 aromatic rings. The predicted molar refractivity (Wildman–Crippen MR) is 129 cm³/mol. The Kier molecular flexibility index (Phi) is 9.12. The maximum Gasteiger partial charge on any atom is 0.0340 e. The van der Waals surface area contributed by atoms with Gasteiger partial charge in [-0.3, -0.25) is 0 Å². The van der Waals surface area contributed by atoms with E-state index in [-0.39, 0.29) is 0 Å². The lowest BCUT2D eigenvalue weighted by atomic mass is 9.77. The molecule has 1 saturated carbocycles. The van der Waals surface area contributed by atoms with Gasteiger partial charge in [-0.15, -0.1) is 5.92 Å². The minimum absolute atomic E-state index is 0.748. The molecule has 30 heavy (non-hydrogen) atoms. The van der Waals surface area contributed by atoms with Gasteiger partial charge in [0.15, 0.2) is 0 Å². The summed E-state index contributed by atoms with van der Waals surface area (Å²) in [5.74, 6) is 14.4. The molecule has 0 bridgehead atoms. The van der Waals surface area contributed by atoms with E-state index in [1.165, 1.54) is 68.9 Å². The average Bonchev–Trinajstić information content (AvgIpc) is 2.81. The Morgan fingerprint density at radius 1 is 0.767 bits per heavy atom. The van der Waals surface area contributed by atoms with E-state index < -0.39 is 0 Å². The maximum atomic E-state index is 3.32. The Morgan fingerprint density at radius 2 is 1.40 bits per heavy atom. The lowest BCUT2D eigenvalue weighted by Crippen LogP contribution is -2.13. The fourth-order valence-corrected chi connectivity index (χ4v) is 4.52. The molecule has 0 atom stereocenters. The van der Waals surface area contributed by atoms with Crippen molar-refractivity contribution in [2.45, 2.75) is 84.0 Å². The quantitative estimate of drug-likeness (QED) is 0.329. The van der Waals surface area contributed by atoms with Crippen molar-refractivity contribution in [2.75, 3.05) is 0 Å². The van der Waals surface area contributed by atoms with Crippen LogP contribution in [0.3, 0.4) is 0 Å². The Bertz CT molecular complexity index is 870. The van der Waals surface area contributed by atoms with Crippen LogP contribution in [0.1, 0.15) is 99.8 Å². The molecule has 0 aromatic heterocycles. The van der Waals surface area contributed by atoms with E-state index >= 15 is 0 Å². The lowest BCUT2D eigenvalue weighted by molar-refractivity contribution is 0.302. The Balaban J connectivity index is 1.49. The highest BCUT2D eigenvalue weighted by molar-refractivity contribution is 5.44. The van der Waals surface area contributed by atoms with Crippen LogP contribution in [0.25, 0.3) is 0 Å². The number of hydrogen-bond donors (Lipinski definition) is 0. The van der Waals surface area contributed by atoms with Crippen molar-refractivity contribution in [3.63, 3.8) is 0 Å². The first-order chi connectivity index (χ1) is 14.8. The number of unbranched alkanes of at least 4 members (excludes halogenated alkanes) is 3. The zero-order chi connectivity index (χ0) is 21.0. The second kappa shape index (κ2) is 12.3. The first-order valence-corrected chi connectivity index (χ1v) is 11.9. The number of rotatable bonds is 7. The molecule has 3 rings (SSSR count). The normalized spacial score (nSPS) is 18.1. The van der Waals surface area contributed by atoms with Crippen LogP contribution in [0.4, 0.5) is 0 Å². The molecule has 0 amide bonds. The van der Waals surface area contributed by atoms with Crippen molar-refractivity contribution in [2.24, 2.45) is 5.92 Å². The topological polar surface area (TPSA) is 0 Å². The standard InChI is InChI=1S/C30H36/c1-3-5-7-8-10-26-17-21-29(22-18-26)30-23-19-28(20-24-30)16-15-27-13-11-25(12-14-27)9-6-4-2/h11-14,19-20,23-24,26,29H,3,5,7-10,17-18,21-22H2,1-2H3. The molecule has 0 nitrogen and oxygen atoms in total. The van der Waals surface area contributed by atoms with Gasteiger partial charge in [0.05, 0.1) is 0 Å². The van der Waals surface area contributed by atoms with Crippen LogP contribution in [-0.4, -0.2) is 0 Å². The minimum Gasteiger partial charge on any atom is -0.106 e. The van der Waals surface area contributed by atoms with Gasteiger partial charge in [0, 0.05) is 17.5 Å². The van der Waals surface area contributed by atoms with E-state index in [4.69, 9.17) is 0 Å². The highest BCUT2D eigenvalue weighted by Gasteiger charge is 2.21. The van der Waals surface area contributed by atoms with E-state index in [0.717, 1.165) is 29.4 Å². The molecule has 0 radical (unpaired) electrons. The van der Waals surface area contributed by atoms with Gasteiger partial charge >= 0.3 is 0 Å². The van der Waals surface area contributed by atoms with Crippen LogP contribution in [0, 0.1) is 29.6 Å². The molecule has 1 fully saturated rings. The summed E-state index contributed by atoms with van der Waals surface area (Å²) in [7, 11) is 0. The van der Waals surface area contributed by atoms with Gasteiger partial charge in [0.25, 0.3) is 0 Å². The van der Waals surface area contributed by atoms with Crippen LogP contribution in [-0.2, 0) is 6.42 Å². The van der Waals surface area contributed by atoms with Gasteiger partial charge in [-0.05, 0) is 79.8 Å². The first-order valence-electron chi connectivity index (χ1n) is 11.9. The van der Waals surface area contributed by atoms with E-state index in [1.54, 1.807) is 0 Å². The molecular formula is C30H36. The number of hydrogen-bond acceptors (Lipinski definition) is 0. The molecule has 0 saturated heterocycles. The van der Waals surface area contributed by atoms with Crippen LogP contribution >= 0.6 is 0 Å². The van der Waals surface area contributed by atoms with Crippen LogP contribution in [0.2, 0.25) is 0 Å². The SMILES string of the molecule is CC#CCc1ccc(C#Cc2ccc(C3CCC(CCCCCC)CC3)cc2)cc1. The third-order valence-corrected chi connectivity index (χ3v) is 6.47. The molecule has 0 spiro atoms. The average molecular weight is 397 g/mol. The summed E-state index contributed by atoms with van der Waals surface area (Å²) in [5.41, 5.74) is 4.91.